The summed E-state index contributed by atoms with van der Waals surface area (Å²) in [5, 5.41) is 18.1. The number of aliphatic hydroxyl groups is 1. The van der Waals surface area contributed by atoms with Crippen molar-refractivity contribution in [2.45, 2.75) is 106 Å². The number of ether oxygens (including phenoxy) is 1. The van der Waals surface area contributed by atoms with Crippen molar-refractivity contribution >= 4 is 54.2 Å². The molecule has 0 aromatic rings. The highest BCUT2D eigenvalue weighted by Gasteiger charge is 2.41. The van der Waals surface area contributed by atoms with Crippen LogP contribution in [0.4, 0.5) is 0 Å². The maximum atomic E-state index is 13.8. The standard InChI is InChI=1S/C45H60N6O4S2/c1-8-10-11-12-17-55-29(7)42-27(5)35-21-34-26(4)31(13-14-41(54)51(16-19-57)24-40(53)46-15-18-56)44(49-34)32-20-39(52)43-28(6)36(50-45(32)43)22-37-30(9-2)25(3)33(47-37)23-38(42)48-35/h21-23,26,29,31,49,52,56-57H,8-20,24H2,1-7H3,(H,46,53)/t26-,29?,31-/m0/s1. The van der Waals surface area contributed by atoms with Gasteiger partial charge in [0.1, 0.15) is 5.76 Å². The van der Waals surface area contributed by atoms with Crippen LogP contribution in [-0.4, -0.2) is 82.8 Å². The van der Waals surface area contributed by atoms with Gasteiger partial charge in [-0.25, -0.2) is 15.0 Å². The monoisotopic (exact) mass is 812 g/mol. The fourth-order valence-corrected chi connectivity index (χ4v) is 9.14. The fraction of sp³-hybridized carbons (Fsp3) is 0.533. The van der Waals surface area contributed by atoms with Crippen LogP contribution in [0.5, 0.6) is 0 Å². The van der Waals surface area contributed by atoms with Gasteiger partial charge in [-0.15, -0.1) is 0 Å². The molecule has 0 saturated carbocycles. The number of aliphatic hydroxyl groups excluding tert-OH is 1. The molecule has 2 amide bonds. The molecule has 8 bridgehead atoms. The zero-order valence-corrected chi connectivity index (χ0v) is 36.5. The van der Waals surface area contributed by atoms with E-state index in [4.69, 9.17) is 19.7 Å². The van der Waals surface area contributed by atoms with Crippen LogP contribution in [0.3, 0.4) is 0 Å². The van der Waals surface area contributed by atoms with Crippen molar-refractivity contribution in [2.24, 2.45) is 26.8 Å². The molecular formula is C45H60N6O4S2. The topological polar surface area (TPSA) is 128 Å². The molecule has 5 heterocycles. The second kappa shape index (κ2) is 18.8. The molecule has 57 heavy (non-hydrogen) atoms. The van der Waals surface area contributed by atoms with E-state index in [0.717, 1.165) is 104 Å². The Balaban J connectivity index is 1.43. The third-order valence-electron chi connectivity index (χ3n) is 12.0. The average Bonchev–Trinajstić information content (AvgIpc) is 3.94. The number of carbonyl (C=O) groups is 2. The molecule has 6 rings (SSSR count). The van der Waals surface area contributed by atoms with Gasteiger partial charge in [0.25, 0.3) is 0 Å². The van der Waals surface area contributed by atoms with Gasteiger partial charge >= 0.3 is 0 Å². The predicted molar refractivity (Wildman–Crippen MR) is 238 cm³/mol. The number of hydrogen-bond acceptors (Lipinski definition) is 10. The van der Waals surface area contributed by atoms with Crippen LogP contribution < -0.4 is 10.6 Å². The summed E-state index contributed by atoms with van der Waals surface area (Å²) < 4.78 is 6.49. The summed E-state index contributed by atoms with van der Waals surface area (Å²) in [7, 11) is 0. The Morgan fingerprint density at radius 2 is 1.75 bits per heavy atom. The largest absolute Gasteiger partial charge is 0.511 e. The molecule has 3 atom stereocenters. The van der Waals surface area contributed by atoms with Crippen LogP contribution in [0.25, 0.3) is 0 Å². The first kappa shape index (κ1) is 42.7. The summed E-state index contributed by atoms with van der Waals surface area (Å²) in [6.45, 7) is 16.5. The lowest BCUT2D eigenvalue weighted by molar-refractivity contribution is -0.136. The first-order valence-corrected chi connectivity index (χ1v) is 22.0. The Morgan fingerprint density at radius 3 is 2.47 bits per heavy atom. The fourth-order valence-electron chi connectivity index (χ4n) is 8.78. The molecule has 3 N–H and O–H groups in total. The predicted octanol–water partition coefficient (Wildman–Crippen LogP) is 8.23. The highest BCUT2D eigenvalue weighted by molar-refractivity contribution is 7.80. The van der Waals surface area contributed by atoms with E-state index in [9.17, 15) is 14.7 Å². The number of rotatable bonds is 17. The van der Waals surface area contributed by atoms with Gasteiger partial charge in [-0.3, -0.25) is 9.59 Å². The minimum atomic E-state index is -0.208. The van der Waals surface area contributed by atoms with Crippen molar-refractivity contribution in [3.05, 3.63) is 91.5 Å². The molecule has 0 aromatic heterocycles. The maximum absolute atomic E-state index is 13.8. The van der Waals surface area contributed by atoms with Gasteiger partial charge in [0, 0.05) is 84.0 Å². The van der Waals surface area contributed by atoms with E-state index in [2.05, 4.69) is 95.7 Å². The zero-order valence-electron chi connectivity index (χ0n) is 34.7. The quantitative estimate of drug-likeness (QED) is 0.0748. The summed E-state index contributed by atoms with van der Waals surface area (Å²) in [6, 6.07) is 0. The maximum Gasteiger partial charge on any atom is 0.239 e. The minimum Gasteiger partial charge on any atom is -0.511 e. The Labute approximate surface area is 349 Å². The Hall–Kier alpha value is -3.87. The van der Waals surface area contributed by atoms with E-state index in [1.165, 1.54) is 12.8 Å². The number of allylic oxidation sites excluding steroid dienone is 11. The number of unbranched alkanes of at least 4 members (excludes halogenated alkanes) is 3. The normalized spacial score (nSPS) is 21.8. The third-order valence-corrected chi connectivity index (χ3v) is 12.5. The minimum absolute atomic E-state index is 0.00580. The van der Waals surface area contributed by atoms with Crippen LogP contribution in [0.2, 0.25) is 0 Å². The van der Waals surface area contributed by atoms with E-state index < -0.39 is 0 Å². The second-order valence-corrected chi connectivity index (χ2v) is 16.6. The van der Waals surface area contributed by atoms with Crippen LogP contribution in [0.1, 0.15) is 99.8 Å². The smallest absolute Gasteiger partial charge is 0.239 e. The summed E-state index contributed by atoms with van der Waals surface area (Å²) in [5.74, 6) is 0.887. The SMILES string of the molecule is CCCCCCOC(C)C1=C(C)C2=NC1=CC1=NC(=CC3=C(C)C4=C(O)CC(=C5NC(=C2)[C@@H](C)[C@@H]5CCC(=O)N(CCS)CC(=O)NCCS)C4=N3)C(CC)=C1C. The number of nitrogens with zero attached hydrogens (tertiary/aromatic N) is 4. The van der Waals surface area contributed by atoms with Crippen molar-refractivity contribution in [1.29, 1.82) is 0 Å². The van der Waals surface area contributed by atoms with Crippen LogP contribution in [0, 0.1) is 11.8 Å². The lowest BCUT2D eigenvalue weighted by Crippen LogP contribution is -2.42. The Morgan fingerprint density at radius 1 is 1.00 bits per heavy atom. The summed E-state index contributed by atoms with van der Waals surface area (Å²) >= 11 is 8.57. The van der Waals surface area contributed by atoms with Crippen molar-refractivity contribution in [2.75, 3.05) is 37.7 Å². The molecule has 6 aliphatic rings. The number of nitrogens with one attached hydrogen (secondary N) is 2. The van der Waals surface area contributed by atoms with E-state index in [0.29, 0.717) is 49.8 Å². The first-order chi connectivity index (χ1) is 27.4. The molecule has 1 saturated heterocycles. The molecule has 10 nitrogen and oxygen atoms in total. The number of fused-ring (bicyclic) bond motifs is 5. The van der Waals surface area contributed by atoms with E-state index in [-0.39, 0.29) is 42.7 Å². The van der Waals surface area contributed by atoms with Gasteiger partial charge in [-0.1, -0.05) is 40.0 Å². The average molecular weight is 813 g/mol. The highest BCUT2D eigenvalue weighted by atomic mass is 32.1. The van der Waals surface area contributed by atoms with Gasteiger partial charge in [-0.05, 0) is 87.5 Å². The van der Waals surface area contributed by atoms with Gasteiger partial charge in [0.2, 0.25) is 11.8 Å². The van der Waals surface area contributed by atoms with Crippen LogP contribution in [0.15, 0.2) is 106 Å². The number of aliphatic imine (C=N–C) groups is 3. The number of amides is 2. The molecular weight excluding hydrogens is 753 g/mol. The molecule has 1 aliphatic carbocycles. The zero-order chi connectivity index (χ0) is 41.0. The van der Waals surface area contributed by atoms with E-state index >= 15 is 0 Å². The summed E-state index contributed by atoms with van der Waals surface area (Å²) in [5.41, 5.74) is 14.1. The van der Waals surface area contributed by atoms with Gasteiger partial charge < -0.3 is 25.4 Å². The molecule has 0 spiro atoms. The summed E-state index contributed by atoms with van der Waals surface area (Å²) in [6.07, 6.45) is 12.7. The van der Waals surface area contributed by atoms with Crippen molar-refractivity contribution in [3.63, 3.8) is 0 Å². The van der Waals surface area contributed by atoms with Crippen LogP contribution in [-0.2, 0) is 14.3 Å². The van der Waals surface area contributed by atoms with Gasteiger partial charge in [-0.2, -0.15) is 25.3 Å². The summed E-state index contributed by atoms with van der Waals surface area (Å²) in [4.78, 5) is 43.7. The Bertz CT molecular complexity index is 2040. The number of thiol groups is 2. The molecule has 0 radical (unpaired) electrons. The van der Waals surface area contributed by atoms with Crippen LogP contribution >= 0.6 is 25.3 Å². The number of carbonyl (C=O) groups excluding carboxylic acids is 2. The Kier molecular flexibility index (Phi) is 14.1. The molecule has 1 fully saturated rings. The van der Waals surface area contributed by atoms with Gasteiger partial charge in [0.05, 0.1) is 46.9 Å². The third kappa shape index (κ3) is 8.93. The van der Waals surface area contributed by atoms with E-state index in [1.54, 1.807) is 4.90 Å². The lowest BCUT2D eigenvalue weighted by atomic mass is 9.86. The second-order valence-electron chi connectivity index (χ2n) is 15.8. The number of hydrogen-bond donors (Lipinski definition) is 5. The van der Waals surface area contributed by atoms with E-state index in [1.807, 2.05) is 6.92 Å². The molecule has 1 unspecified atom stereocenters. The highest BCUT2D eigenvalue weighted by Crippen LogP contribution is 2.46. The first-order valence-electron chi connectivity index (χ1n) is 20.8. The van der Waals surface area contributed by atoms with Crippen molar-refractivity contribution in [3.8, 4) is 0 Å². The molecule has 12 heteroatoms. The molecule has 5 aliphatic heterocycles. The molecule has 306 valence electrons. The van der Waals surface area contributed by atoms with Crippen molar-refractivity contribution < 1.29 is 19.4 Å². The van der Waals surface area contributed by atoms with Gasteiger partial charge in [0.15, 0.2) is 0 Å². The lowest BCUT2D eigenvalue weighted by Gasteiger charge is -2.23. The van der Waals surface area contributed by atoms with Crippen molar-refractivity contribution in [1.82, 2.24) is 15.5 Å². The molecule has 0 aromatic carbocycles.